The zero-order valence-electron chi connectivity index (χ0n) is 24.1. The lowest BCUT2D eigenvalue weighted by molar-refractivity contribution is -0.149. The number of aliphatic hydroxyl groups is 1. The van der Waals surface area contributed by atoms with Crippen molar-refractivity contribution in [2.45, 2.75) is 63.9 Å². The van der Waals surface area contributed by atoms with E-state index < -0.39 is 49.4 Å². The fraction of sp³-hybridized carbons (Fsp3) is 0.538. The van der Waals surface area contributed by atoms with Crippen LogP contribution in [0.5, 0.6) is 5.75 Å². The number of hydrogen-bond acceptors (Lipinski definition) is 11. The number of carbonyl (C=O) groups is 1. The van der Waals surface area contributed by atoms with E-state index in [-0.39, 0.29) is 12.0 Å². The number of benzene rings is 1. The number of carbonyl (C=O) groups excluding carboxylic acids is 1. The number of fused-ring (bicyclic) bond motifs is 1. The van der Waals surface area contributed by atoms with Crippen molar-refractivity contribution in [2.24, 2.45) is 0 Å². The van der Waals surface area contributed by atoms with Crippen molar-refractivity contribution < 1.29 is 32.8 Å². The summed E-state index contributed by atoms with van der Waals surface area (Å²) in [5, 5.41) is 14.0. The van der Waals surface area contributed by atoms with Gasteiger partial charge in [-0.15, -0.1) is 11.6 Å². The number of anilines is 1. The first-order valence-corrected chi connectivity index (χ1v) is 16.4. The highest BCUT2D eigenvalue weighted by molar-refractivity contribution is 8.09. The predicted molar refractivity (Wildman–Crippen MR) is 160 cm³/mol. The number of esters is 1. The molecule has 0 aliphatic carbocycles. The van der Waals surface area contributed by atoms with E-state index in [1.165, 1.54) is 10.9 Å². The Bertz CT molecular complexity index is 1450. The molecule has 1 aromatic carbocycles. The van der Waals surface area contributed by atoms with Crippen molar-refractivity contribution in [3.8, 4) is 5.75 Å². The quantitative estimate of drug-likeness (QED) is 0.169. The maximum absolute atomic E-state index is 15.8. The summed E-state index contributed by atoms with van der Waals surface area (Å²) in [6.45, 7) is 2.74. The maximum Gasteiger partial charge on any atom is 0.323 e. The number of aliphatic hydroxyl groups excluding tert-OH is 1. The number of nitrogens with zero attached hydrogens (tertiary/aromatic N) is 5. The van der Waals surface area contributed by atoms with Crippen LogP contribution in [0.15, 0.2) is 36.7 Å². The monoisotopic (exact) mass is 644 g/mol. The number of rotatable bonds is 12. The van der Waals surface area contributed by atoms with E-state index in [4.69, 9.17) is 41.9 Å². The zero-order chi connectivity index (χ0) is 30.8. The minimum Gasteiger partial charge on any atom is -0.462 e. The summed E-state index contributed by atoms with van der Waals surface area (Å²) in [5.74, 6) is 0.466. The molecule has 1 aliphatic heterocycles. The SMILES string of the molecule is Cc1nc(N(C)C)c2ncn([C@@H]3O[C@](CCl)(CO[P@@](=S)(N[C@@H](C)C(=O)OC(C)C)Oc4ccccc4)[C@@H](O)[C@@H]3F)c2n1. The molecule has 16 heteroatoms. The Morgan fingerprint density at radius 1 is 1.31 bits per heavy atom. The Morgan fingerprint density at radius 3 is 2.62 bits per heavy atom. The number of para-hydroxylation sites is 1. The Morgan fingerprint density at radius 2 is 2.00 bits per heavy atom. The van der Waals surface area contributed by atoms with Crippen LogP contribution >= 0.6 is 18.2 Å². The van der Waals surface area contributed by atoms with Crippen molar-refractivity contribution in [3.05, 3.63) is 42.5 Å². The van der Waals surface area contributed by atoms with Gasteiger partial charge in [0.05, 0.1) is 24.9 Å². The topological polar surface area (TPSA) is 133 Å². The minimum atomic E-state index is -3.53. The summed E-state index contributed by atoms with van der Waals surface area (Å²) in [4.78, 5) is 27.6. The molecule has 0 radical (unpaired) electrons. The third kappa shape index (κ3) is 6.85. The molecule has 42 heavy (non-hydrogen) atoms. The van der Waals surface area contributed by atoms with E-state index in [1.54, 1.807) is 62.9 Å². The van der Waals surface area contributed by atoms with Crippen LogP contribution in [-0.4, -0.2) is 87.2 Å². The second kappa shape index (κ2) is 13.0. The van der Waals surface area contributed by atoms with Crippen LogP contribution in [0.1, 0.15) is 32.8 Å². The van der Waals surface area contributed by atoms with Gasteiger partial charge in [0.15, 0.2) is 29.4 Å². The molecule has 2 N–H and O–H groups in total. The van der Waals surface area contributed by atoms with Crippen molar-refractivity contribution in [3.63, 3.8) is 0 Å². The molecule has 2 aromatic heterocycles. The molecule has 3 heterocycles. The van der Waals surface area contributed by atoms with E-state index in [1.807, 2.05) is 14.1 Å². The molecule has 0 saturated carbocycles. The lowest BCUT2D eigenvalue weighted by Crippen LogP contribution is -2.48. The highest BCUT2D eigenvalue weighted by Crippen LogP contribution is 2.49. The van der Waals surface area contributed by atoms with Gasteiger partial charge < -0.3 is 28.5 Å². The molecule has 4 rings (SSSR count). The van der Waals surface area contributed by atoms with Crippen LogP contribution in [-0.2, 0) is 30.6 Å². The normalized spacial score (nSPS) is 24.5. The Labute approximate surface area is 253 Å². The Balaban J connectivity index is 1.62. The van der Waals surface area contributed by atoms with E-state index in [9.17, 15) is 9.90 Å². The Hall–Kier alpha value is -2.45. The fourth-order valence-corrected chi connectivity index (χ4v) is 7.07. The number of alkyl halides is 2. The number of nitrogens with one attached hydrogen (secondary N) is 1. The average molecular weight is 645 g/mol. The summed E-state index contributed by atoms with van der Waals surface area (Å²) < 4.78 is 40.7. The van der Waals surface area contributed by atoms with Gasteiger partial charge in [-0.25, -0.2) is 24.4 Å². The van der Waals surface area contributed by atoms with Crippen molar-refractivity contribution in [1.29, 1.82) is 0 Å². The number of halogens is 2. The van der Waals surface area contributed by atoms with Gasteiger partial charge in [0.25, 0.3) is 0 Å². The van der Waals surface area contributed by atoms with Crippen LogP contribution in [0.4, 0.5) is 10.2 Å². The number of hydrogen-bond donors (Lipinski definition) is 2. The highest BCUT2D eigenvalue weighted by atomic mass is 35.5. The maximum atomic E-state index is 15.8. The van der Waals surface area contributed by atoms with E-state index in [0.717, 1.165) is 0 Å². The van der Waals surface area contributed by atoms with Gasteiger partial charge in [-0.2, -0.15) is 0 Å². The number of imidazole rings is 1. The van der Waals surface area contributed by atoms with E-state index in [0.29, 0.717) is 28.6 Å². The number of ether oxygens (including phenoxy) is 2. The molecule has 1 saturated heterocycles. The fourth-order valence-electron chi connectivity index (χ4n) is 4.33. The zero-order valence-corrected chi connectivity index (χ0v) is 26.6. The molecule has 1 aliphatic rings. The molecule has 12 nitrogen and oxygen atoms in total. The summed E-state index contributed by atoms with van der Waals surface area (Å²) >= 11 is 12.1. The first-order valence-electron chi connectivity index (χ1n) is 13.2. The molecule has 230 valence electrons. The lowest BCUT2D eigenvalue weighted by atomic mass is 9.99. The molecule has 6 atom stereocenters. The molecule has 0 spiro atoms. The minimum absolute atomic E-state index is 0.328. The van der Waals surface area contributed by atoms with Crippen LogP contribution in [0.25, 0.3) is 11.2 Å². The molecule has 0 amide bonds. The van der Waals surface area contributed by atoms with Gasteiger partial charge in [0.1, 0.15) is 29.3 Å². The van der Waals surface area contributed by atoms with Gasteiger partial charge in [-0.05, 0) is 51.6 Å². The van der Waals surface area contributed by atoms with Crippen molar-refractivity contribution in [2.75, 3.05) is 31.5 Å². The largest absolute Gasteiger partial charge is 0.462 e. The van der Waals surface area contributed by atoms with Gasteiger partial charge in [-0.3, -0.25) is 9.36 Å². The second-order valence-corrected chi connectivity index (χ2v) is 13.8. The van der Waals surface area contributed by atoms with Crippen LogP contribution in [0, 0.1) is 6.92 Å². The van der Waals surface area contributed by atoms with Gasteiger partial charge >= 0.3 is 12.6 Å². The molecule has 0 bridgehead atoms. The lowest BCUT2D eigenvalue weighted by Gasteiger charge is -2.33. The first-order chi connectivity index (χ1) is 19.8. The van der Waals surface area contributed by atoms with Gasteiger partial charge in [-0.1, -0.05) is 18.2 Å². The second-order valence-electron chi connectivity index (χ2n) is 10.4. The smallest absolute Gasteiger partial charge is 0.323 e. The van der Waals surface area contributed by atoms with Gasteiger partial charge in [0.2, 0.25) is 0 Å². The summed E-state index contributed by atoms with van der Waals surface area (Å²) in [6, 6.07) is 7.73. The van der Waals surface area contributed by atoms with Gasteiger partial charge in [0, 0.05) is 14.1 Å². The van der Waals surface area contributed by atoms with Crippen LogP contribution in [0.3, 0.4) is 0 Å². The molecule has 3 aromatic rings. The van der Waals surface area contributed by atoms with Crippen molar-refractivity contribution >= 4 is 53.0 Å². The summed E-state index contributed by atoms with van der Waals surface area (Å²) in [7, 11) is 3.62. The Kier molecular flexibility index (Phi) is 10.1. The van der Waals surface area contributed by atoms with Crippen LogP contribution < -0.4 is 14.5 Å². The molecular formula is C26H35ClFN6O6PS. The summed E-state index contributed by atoms with van der Waals surface area (Å²) in [6.07, 6.45) is -3.94. The van der Waals surface area contributed by atoms with E-state index in [2.05, 4.69) is 20.0 Å². The molecule has 1 fully saturated rings. The third-order valence-corrected chi connectivity index (χ3v) is 9.34. The number of aromatic nitrogens is 4. The highest BCUT2D eigenvalue weighted by Gasteiger charge is 2.57. The number of aryl methyl sites for hydroxylation is 1. The average Bonchev–Trinajstić information content (AvgIpc) is 3.45. The van der Waals surface area contributed by atoms with Crippen LogP contribution in [0.2, 0.25) is 0 Å². The first kappa shape index (κ1) is 32.5. The summed E-state index contributed by atoms with van der Waals surface area (Å²) in [5.41, 5.74) is -0.968. The molecule has 0 unspecified atom stereocenters. The third-order valence-electron chi connectivity index (χ3n) is 6.41. The van der Waals surface area contributed by atoms with Crippen molar-refractivity contribution in [1.82, 2.24) is 24.6 Å². The predicted octanol–water partition coefficient (Wildman–Crippen LogP) is 3.66. The van der Waals surface area contributed by atoms with E-state index >= 15 is 4.39 Å². The molecular weight excluding hydrogens is 610 g/mol. The standard InChI is InChI=1S/C26H35ClFN6O6PS/c1-15(2)38-25(36)16(3)32-41(42,40-18-10-8-7-9-11-18)37-13-26(12-27)21(35)19(28)24(39-26)34-14-29-20-22(33(5)6)30-17(4)31-23(20)34/h7-11,14-16,19,21,24,35H,12-13H2,1-6H3,(H,32,42)/t16-,19-,21-,24+,26+,41-/m0/s1.